The van der Waals surface area contributed by atoms with Gasteiger partial charge in [0.05, 0.1) is 0 Å². The van der Waals surface area contributed by atoms with Gasteiger partial charge in [0, 0.05) is 36.7 Å². The SMILES string of the molecule is O=C(NCCc1ccccc1)N1CCC(c2c[nH]c3ccccc23)CC1. The van der Waals surface area contributed by atoms with Crippen molar-refractivity contribution in [2.24, 2.45) is 0 Å². The summed E-state index contributed by atoms with van der Waals surface area (Å²) >= 11 is 0. The van der Waals surface area contributed by atoms with Gasteiger partial charge in [0.25, 0.3) is 0 Å². The van der Waals surface area contributed by atoms with E-state index >= 15 is 0 Å². The number of para-hydroxylation sites is 1. The highest BCUT2D eigenvalue weighted by Gasteiger charge is 2.25. The summed E-state index contributed by atoms with van der Waals surface area (Å²) in [5.74, 6) is 0.527. The Bertz CT molecular complexity index is 863. The average Bonchev–Trinajstić information content (AvgIpc) is 3.13. The quantitative estimate of drug-likeness (QED) is 0.726. The number of urea groups is 1. The summed E-state index contributed by atoms with van der Waals surface area (Å²) in [6.07, 6.45) is 5.06. The number of aromatic nitrogens is 1. The molecular weight excluding hydrogens is 322 g/mol. The molecule has 1 aliphatic heterocycles. The van der Waals surface area contributed by atoms with Crippen LogP contribution in [0.5, 0.6) is 0 Å². The van der Waals surface area contributed by atoms with Crippen LogP contribution in [0.2, 0.25) is 0 Å². The first-order valence-corrected chi connectivity index (χ1v) is 9.44. The van der Waals surface area contributed by atoms with Crippen molar-refractivity contribution in [3.63, 3.8) is 0 Å². The number of piperidine rings is 1. The number of rotatable bonds is 4. The first-order chi connectivity index (χ1) is 12.8. The fourth-order valence-electron chi connectivity index (χ4n) is 3.90. The summed E-state index contributed by atoms with van der Waals surface area (Å²) < 4.78 is 0. The highest BCUT2D eigenvalue weighted by molar-refractivity contribution is 5.83. The van der Waals surface area contributed by atoms with Crippen LogP contribution in [0.25, 0.3) is 10.9 Å². The van der Waals surface area contributed by atoms with Gasteiger partial charge in [-0.2, -0.15) is 0 Å². The standard InChI is InChI=1S/C22H25N3O/c26-22(23-13-10-17-6-2-1-3-7-17)25-14-11-18(12-15-25)20-16-24-21-9-5-4-8-19(20)21/h1-9,16,18,24H,10-15H2,(H,23,26). The molecule has 0 bridgehead atoms. The molecule has 0 unspecified atom stereocenters. The normalized spacial score (nSPS) is 15.3. The Balaban J connectivity index is 1.28. The molecular formula is C22H25N3O. The van der Waals surface area contributed by atoms with E-state index in [1.807, 2.05) is 23.1 Å². The zero-order chi connectivity index (χ0) is 17.8. The predicted octanol–water partition coefficient (Wildman–Crippen LogP) is 4.30. The number of carbonyl (C=O) groups excluding carboxylic acids is 1. The van der Waals surface area contributed by atoms with E-state index in [2.05, 4.69) is 52.9 Å². The first-order valence-electron chi connectivity index (χ1n) is 9.44. The van der Waals surface area contributed by atoms with Crippen molar-refractivity contribution < 1.29 is 4.79 Å². The molecule has 4 rings (SSSR count). The number of likely N-dealkylation sites (tertiary alicyclic amines) is 1. The molecule has 0 saturated carbocycles. The van der Waals surface area contributed by atoms with Gasteiger partial charge in [0.15, 0.2) is 0 Å². The molecule has 134 valence electrons. The van der Waals surface area contributed by atoms with E-state index in [1.54, 1.807) is 0 Å². The summed E-state index contributed by atoms with van der Waals surface area (Å²) in [5, 5.41) is 4.38. The second-order valence-electron chi connectivity index (χ2n) is 7.02. The Morgan fingerprint density at radius 3 is 2.58 bits per heavy atom. The molecule has 2 amide bonds. The van der Waals surface area contributed by atoms with Gasteiger partial charge in [-0.3, -0.25) is 0 Å². The smallest absolute Gasteiger partial charge is 0.317 e. The maximum Gasteiger partial charge on any atom is 0.317 e. The van der Waals surface area contributed by atoms with Crippen molar-refractivity contribution in [2.45, 2.75) is 25.2 Å². The molecule has 1 aliphatic rings. The van der Waals surface area contributed by atoms with E-state index in [-0.39, 0.29) is 6.03 Å². The Hall–Kier alpha value is -2.75. The van der Waals surface area contributed by atoms with E-state index in [0.717, 1.165) is 32.4 Å². The fraction of sp³-hybridized carbons (Fsp3) is 0.318. The van der Waals surface area contributed by atoms with Crippen LogP contribution in [0.15, 0.2) is 60.8 Å². The summed E-state index contributed by atoms with van der Waals surface area (Å²) in [7, 11) is 0. The van der Waals surface area contributed by atoms with Crippen molar-refractivity contribution in [2.75, 3.05) is 19.6 Å². The lowest BCUT2D eigenvalue weighted by atomic mass is 9.89. The number of aromatic amines is 1. The molecule has 0 aliphatic carbocycles. The number of hydrogen-bond acceptors (Lipinski definition) is 1. The van der Waals surface area contributed by atoms with Crippen LogP contribution in [0.4, 0.5) is 4.79 Å². The van der Waals surface area contributed by atoms with Gasteiger partial charge in [-0.05, 0) is 42.4 Å². The summed E-state index contributed by atoms with van der Waals surface area (Å²) in [4.78, 5) is 17.7. The van der Waals surface area contributed by atoms with Gasteiger partial charge < -0.3 is 15.2 Å². The minimum absolute atomic E-state index is 0.0679. The molecule has 1 saturated heterocycles. The van der Waals surface area contributed by atoms with Gasteiger partial charge in [0.1, 0.15) is 0 Å². The van der Waals surface area contributed by atoms with E-state index < -0.39 is 0 Å². The number of amides is 2. The number of benzene rings is 2. The summed E-state index contributed by atoms with van der Waals surface area (Å²) in [5.41, 5.74) is 3.85. The molecule has 2 N–H and O–H groups in total. The summed E-state index contributed by atoms with van der Waals surface area (Å²) in [6, 6.07) is 18.8. The second kappa shape index (κ2) is 7.65. The molecule has 4 nitrogen and oxygen atoms in total. The topological polar surface area (TPSA) is 48.1 Å². The molecule has 26 heavy (non-hydrogen) atoms. The Morgan fingerprint density at radius 1 is 1.04 bits per heavy atom. The number of nitrogens with zero attached hydrogens (tertiary/aromatic N) is 1. The van der Waals surface area contributed by atoms with Gasteiger partial charge in [-0.1, -0.05) is 48.5 Å². The Labute approximate surface area is 154 Å². The zero-order valence-electron chi connectivity index (χ0n) is 14.9. The van der Waals surface area contributed by atoms with Gasteiger partial charge in [-0.25, -0.2) is 4.79 Å². The minimum Gasteiger partial charge on any atom is -0.361 e. The molecule has 3 aromatic rings. The molecule has 0 atom stereocenters. The van der Waals surface area contributed by atoms with E-state index in [4.69, 9.17) is 0 Å². The lowest BCUT2D eigenvalue weighted by Gasteiger charge is -2.32. The lowest BCUT2D eigenvalue weighted by Crippen LogP contribution is -2.44. The van der Waals surface area contributed by atoms with Crippen LogP contribution in [0, 0.1) is 0 Å². The highest BCUT2D eigenvalue weighted by Crippen LogP contribution is 2.33. The van der Waals surface area contributed by atoms with Crippen molar-refractivity contribution in [3.05, 3.63) is 71.9 Å². The maximum absolute atomic E-state index is 12.4. The number of H-pyrrole nitrogens is 1. The first kappa shape index (κ1) is 16.7. The molecule has 0 spiro atoms. The van der Waals surface area contributed by atoms with E-state index in [9.17, 15) is 4.79 Å². The third-order valence-electron chi connectivity index (χ3n) is 5.38. The molecule has 2 aromatic carbocycles. The number of nitrogens with one attached hydrogen (secondary N) is 2. The van der Waals surface area contributed by atoms with E-state index in [1.165, 1.54) is 22.0 Å². The molecule has 2 heterocycles. The Morgan fingerprint density at radius 2 is 1.77 bits per heavy atom. The van der Waals surface area contributed by atoms with Crippen molar-refractivity contribution in [3.8, 4) is 0 Å². The van der Waals surface area contributed by atoms with Crippen LogP contribution in [-0.4, -0.2) is 35.5 Å². The Kier molecular flexibility index (Phi) is 4.91. The predicted molar refractivity (Wildman–Crippen MR) is 105 cm³/mol. The minimum atomic E-state index is 0.0679. The third-order valence-corrected chi connectivity index (χ3v) is 5.38. The fourth-order valence-corrected chi connectivity index (χ4v) is 3.90. The summed E-state index contributed by atoms with van der Waals surface area (Å²) in [6.45, 7) is 2.33. The maximum atomic E-state index is 12.4. The van der Waals surface area contributed by atoms with Crippen molar-refractivity contribution in [1.82, 2.24) is 15.2 Å². The highest BCUT2D eigenvalue weighted by atomic mass is 16.2. The van der Waals surface area contributed by atoms with Crippen LogP contribution >= 0.6 is 0 Å². The molecule has 1 aromatic heterocycles. The van der Waals surface area contributed by atoms with Crippen LogP contribution in [0.1, 0.15) is 29.9 Å². The van der Waals surface area contributed by atoms with Gasteiger partial charge >= 0.3 is 6.03 Å². The monoisotopic (exact) mass is 347 g/mol. The van der Waals surface area contributed by atoms with Crippen molar-refractivity contribution >= 4 is 16.9 Å². The molecule has 1 fully saturated rings. The lowest BCUT2D eigenvalue weighted by molar-refractivity contribution is 0.181. The van der Waals surface area contributed by atoms with Crippen molar-refractivity contribution in [1.29, 1.82) is 0 Å². The molecule has 0 radical (unpaired) electrons. The number of carbonyl (C=O) groups is 1. The number of hydrogen-bond donors (Lipinski definition) is 2. The van der Waals surface area contributed by atoms with Crippen LogP contribution in [0.3, 0.4) is 0 Å². The zero-order valence-corrected chi connectivity index (χ0v) is 14.9. The second-order valence-corrected chi connectivity index (χ2v) is 7.02. The van der Waals surface area contributed by atoms with E-state index in [0.29, 0.717) is 12.5 Å². The average molecular weight is 347 g/mol. The largest absolute Gasteiger partial charge is 0.361 e. The van der Waals surface area contributed by atoms with Crippen LogP contribution in [-0.2, 0) is 6.42 Å². The molecule has 4 heteroatoms. The third kappa shape index (κ3) is 3.59. The van der Waals surface area contributed by atoms with Gasteiger partial charge in [-0.15, -0.1) is 0 Å². The number of fused-ring (bicyclic) bond motifs is 1. The van der Waals surface area contributed by atoms with Crippen LogP contribution < -0.4 is 5.32 Å². The van der Waals surface area contributed by atoms with Gasteiger partial charge in [0.2, 0.25) is 0 Å².